The number of hydrogen-bond donors (Lipinski definition) is 2. The molecule has 1 aromatic rings. The highest BCUT2D eigenvalue weighted by molar-refractivity contribution is 7.90. The average molecular weight is 332 g/mol. The molecular formula is C14H25N3O2S2. The molecule has 120 valence electrons. The van der Waals surface area contributed by atoms with Crippen molar-refractivity contribution < 1.29 is 8.42 Å². The van der Waals surface area contributed by atoms with Crippen LogP contribution in [0.15, 0.2) is 17.1 Å². The van der Waals surface area contributed by atoms with Crippen molar-refractivity contribution in [1.82, 2.24) is 10.6 Å². The molecule has 21 heavy (non-hydrogen) atoms. The summed E-state index contributed by atoms with van der Waals surface area (Å²) < 4.78 is 22.1. The number of sulfone groups is 1. The zero-order chi connectivity index (χ0) is 15.7. The lowest BCUT2D eigenvalue weighted by Crippen LogP contribution is -2.38. The highest BCUT2D eigenvalue weighted by Gasteiger charge is 2.03. The quantitative estimate of drug-likeness (QED) is 0.433. The van der Waals surface area contributed by atoms with Gasteiger partial charge in [0.15, 0.2) is 5.96 Å². The van der Waals surface area contributed by atoms with Crippen molar-refractivity contribution in [2.75, 3.05) is 25.1 Å². The Kier molecular flexibility index (Phi) is 7.74. The summed E-state index contributed by atoms with van der Waals surface area (Å²) in [6.07, 6.45) is 2.90. The second-order valence-electron chi connectivity index (χ2n) is 4.83. The summed E-state index contributed by atoms with van der Waals surface area (Å²) in [6.45, 7) is 6.18. The van der Waals surface area contributed by atoms with Crippen molar-refractivity contribution in [1.29, 1.82) is 0 Å². The third-order valence-corrected chi connectivity index (χ3v) is 5.03. The van der Waals surface area contributed by atoms with Gasteiger partial charge in [0.25, 0.3) is 0 Å². The van der Waals surface area contributed by atoms with Crippen molar-refractivity contribution in [3.05, 3.63) is 21.9 Å². The van der Waals surface area contributed by atoms with Gasteiger partial charge in [-0.1, -0.05) is 6.92 Å². The number of guanidine groups is 1. The fraction of sp³-hybridized carbons (Fsp3) is 0.643. The average Bonchev–Trinajstić information content (AvgIpc) is 2.87. The Morgan fingerprint density at radius 3 is 2.52 bits per heavy atom. The maximum absolute atomic E-state index is 11.1. The summed E-state index contributed by atoms with van der Waals surface area (Å²) in [5, 5.41) is 6.33. The van der Waals surface area contributed by atoms with Gasteiger partial charge in [-0.15, -0.1) is 11.3 Å². The number of nitrogens with zero attached hydrogens (tertiary/aromatic N) is 1. The second-order valence-corrected chi connectivity index (χ2v) is 8.34. The minimum atomic E-state index is -2.89. The Morgan fingerprint density at radius 2 is 1.95 bits per heavy atom. The van der Waals surface area contributed by atoms with Gasteiger partial charge in [0, 0.05) is 29.1 Å². The van der Waals surface area contributed by atoms with E-state index in [2.05, 4.69) is 34.7 Å². The summed E-state index contributed by atoms with van der Waals surface area (Å²) in [6, 6.07) is 4.25. The second kappa shape index (κ2) is 9.04. The molecule has 1 rings (SSSR count). The molecule has 1 heterocycles. The number of rotatable bonds is 8. The highest BCUT2D eigenvalue weighted by Crippen LogP contribution is 2.17. The van der Waals surface area contributed by atoms with Crippen LogP contribution in [-0.4, -0.2) is 39.5 Å². The van der Waals surface area contributed by atoms with E-state index in [0.29, 0.717) is 19.5 Å². The summed E-state index contributed by atoms with van der Waals surface area (Å²) in [5.41, 5.74) is 0. The Balaban J connectivity index is 2.45. The minimum Gasteiger partial charge on any atom is -0.357 e. The Hall–Kier alpha value is -1.08. The van der Waals surface area contributed by atoms with E-state index in [1.54, 1.807) is 11.3 Å². The number of aryl methyl sites for hydroxylation is 1. The van der Waals surface area contributed by atoms with Gasteiger partial charge < -0.3 is 10.6 Å². The first kappa shape index (κ1) is 18.0. The third-order valence-electron chi connectivity index (χ3n) is 2.79. The number of thiophene rings is 1. The van der Waals surface area contributed by atoms with Gasteiger partial charge in [0.1, 0.15) is 9.84 Å². The lowest BCUT2D eigenvalue weighted by Gasteiger charge is -2.10. The van der Waals surface area contributed by atoms with Crippen LogP contribution in [0.1, 0.15) is 30.0 Å². The van der Waals surface area contributed by atoms with Gasteiger partial charge >= 0.3 is 0 Å². The van der Waals surface area contributed by atoms with Crippen LogP contribution in [0.25, 0.3) is 0 Å². The fourth-order valence-electron chi connectivity index (χ4n) is 1.74. The fourth-order valence-corrected chi connectivity index (χ4v) is 3.29. The monoisotopic (exact) mass is 331 g/mol. The molecule has 0 unspecified atom stereocenters. The van der Waals surface area contributed by atoms with E-state index < -0.39 is 9.84 Å². The zero-order valence-electron chi connectivity index (χ0n) is 13.0. The number of nitrogens with one attached hydrogen (secondary N) is 2. The molecule has 7 heteroatoms. The minimum absolute atomic E-state index is 0.199. The van der Waals surface area contributed by atoms with Gasteiger partial charge in [-0.05, 0) is 31.9 Å². The molecule has 0 aliphatic rings. The van der Waals surface area contributed by atoms with Crippen LogP contribution >= 0.6 is 11.3 Å². The van der Waals surface area contributed by atoms with E-state index in [9.17, 15) is 8.42 Å². The molecule has 0 atom stereocenters. The number of aliphatic imine (C=N–C) groups is 1. The van der Waals surface area contributed by atoms with E-state index in [0.717, 1.165) is 18.9 Å². The maximum atomic E-state index is 11.1. The number of hydrogen-bond acceptors (Lipinski definition) is 4. The van der Waals surface area contributed by atoms with Crippen LogP contribution in [-0.2, 0) is 22.8 Å². The largest absolute Gasteiger partial charge is 0.357 e. The van der Waals surface area contributed by atoms with Crippen molar-refractivity contribution in [2.24, 2.45) is 4.99 Å². The van der Waals surface area contributed by atoms with Gasteiger partial charge in [0.2, 0.25) is 0 Å². The lowest BCUT2D eigenvalue weighted by atomic mass is 10.4. The van der Waals surface area contributed by atoms with Gasteiger partial charge in [0.05, 0.1) is 12.3 Å². The molecule has 0 bridgehead atoms. The molecule has 0 fully saturated rings. The molecule has 0 aliphatic carbocycles. The Labute approximate surface area is 131 Å². The first-order chi connectivity index (χ1) is 9.94. The van der Waals surface area contributed by atoms with Crippen molar-refractivity contribution in [3.8, 4) is 0 Å². The van der Waals surface area contributed by atoms with Crippen LogP contribution in [0.2, 0.25) is 0 Å². The predicted octanol–water partition coefficient (Wildman–Crippen LogP) is 1.80. The summed E-state index contributed by atoms with van der Waals surface area (Å²) >= 11 is 1.78. The van der Waals surface area contributed by atoms with Crippen molar-refractivity contribution in [3.63, 3.8) is 0 Å². The SMILES string of the molecule is CCNC(=NCc1ccc(CC)s1)NCCCS(C)(=O)=O. The maximum Gasteiger partial charge on any atom is 0.191 e. The lowest BCUT2D eigenvalue weighted by molar-refractivity contribution is 0.598. The molecular weight excluding hydrogens is 306 g/mol. The molecule has 0 saturated carbocycles. The third kappa shape index (κ3) is 8.06. The normalized spacial score (nSPS) is 12.4. The first-order valence-electron chi connectivity index (χ1n) is 7.22. The van der Waals surface area contributed by atoms with Crippen LogP contribution in [0.4, 0.5) is 0 Å². The molecule has 1 aromatic heterocycles. The summed E-state index contributed by atoms with van der Waals surface area (Å²) in [7, 11) is -2.89. The topological polar surface area (TPSA) is 70.6 Å². The molecule has 5 nitrogen and oxygen atoms in total. The van der Waals surface area contributed by atoms with Crippen molar-refractivity contribution >= 4 is 27.1 Å². The van der Waals surface area contributed by atoms with E-state index in [-0.39, 0.29) is 5.75 Å². The zero-order valence-corrected chi connectivity index (χ0v) is 14.6. The van der Waals surface area contributed by atoms with Gasteiger partial charge in [-0.3, -0.25) is 0 Å². The first-order valence-corrected chi connectivity index (χ1v) is 10.1. The molecule has 0 radical (unpaired) electrons. The molecule has 2 N–H and O–H groups in total. The Bertz CT molecular complexity index is 550. The van der Waals surface area contributed by atoms with E-state index in [4.69, 9.17) is 0 Å². The molecule has 0 spiro atoms. The van der Waals surface area contributed by atoms with Gasteiger partial charge in [-0.25, -0.2) is 13.4 Å². The summed E-state index contributed by atoms with van der Waals surface area (Å²) in [4.78, 5) is 7.12. The van der Waals surface area contributed by atoms with E-state index in [1.165, 1.54) is 16.0 Å². The van der Waals surface area contributed by atoms with E-state index >= 15 is 0 Å². The van der Waals surface area contributed by atoms with E-state index in [1.807, 2.05) is 6.92 Å². The van der Waals surface area contributed by atoms with Crippen LogP contribution in [0.3, 0.4) is 0 Å². The standard InChI is InChI=1S/C14H25N3O2S2/c1-4-12-7-8-13(20-12)11-17-14(15-5-2)16-9-6-10-21(3,18)19/h7-8H,4-6,9-11H2,1-3H3,(H2,15,16,17). The smallest absolute Gasteiger partial charge is 0.191 e. The highest BCUT2D eigenvalue weighted by atomic mass is 32.2. The predicted molar refractivity (Wildman–Crippen MR) is 90.8 cm³/mol. The van der Waals surface area contributed by atoms with Crippen molar-refractivity contribution in [2.45, 2.75) is 33.2 Å². The molecule has 0 saturated heterocycles. The molecule has 0 aromatic carbocycles. The Morgan fingerprint density at radius 1 is 1.24 bits per heavy atom. The molecule has 0 aliphatic heterocycles. The molecule has 0 amide bonds. The summed E-state index contributed by atoms with van der Waals surface area (Å²) in [5.74, 6) is 0.932. The van der Waals surface area contributed by atoms with Crippen LogP contribution < -0.4 is 10.6 Å². The van der Waals surface area contributed by atoms with Crippen LogP contribution in [0, 0.1) is 0 Å². The van der Waals surface area contributed by atoms with Crippen LogP contribution in [0.5, 0.6) is 0 Å². The van der Waals surface area contributed by atoms with Gasteiger partial charge in [-0.2, -0.15) is 0 Å².